The van der Waals surface area contributed by atoms with Gasteiger partial charge in [-0.15, -0.1) is 0 Å². The Kier molecular flexibility index (Phi) is 3.58. The number of benzene rings is 1. The van der Waals surface area contributed by atoms with Gasteiger partial charge in [-0.2, -0.15) is 0 Å². The van der Waals surface area contributed by atoms with Gasteiger partial charge in [-0.1, -0.05) is 11.6 Å². The molecule has 4 heteroatoms. The summed E-state index contributed by atoms with van der Waals surface area (Å²) in [4.78, 5) is 0. The molecule has 0 atom stereocenters. The first-order valence-electron chi connectivity index (χ1n) is 3.11. The number of hydrogen-bond donors (Lipinski definition) is 2. The van der Waals surface area contributed by atoms with E-state index in [9.17, 15) is 0 Å². The fourth-order valence-corrected chi connectivity index (χ4v) is 1.51. The second-order valence-corrected chi connectivity index (χ2v) is 3.72. The van der Waals surface area contributed by atoms with Crippen molar-refractivity contribution >= 4 is 34.2 Å². The van der Waals surface area contributed by atoms with Gasteiger partial charge in [0.25, 0.3) is 0 Å². The zero-order valence-electron chi connectivity index (χ0n) is 5.77. The van der Waals surface area contributed by atoms with Crippen molar-refractivity contribution in [3.63, 3.8) is 0 Å². The molecule has 1 aromatic rings. The lowest BCUT2D eigenvalue weighted by Gasteiger charge is -2.02. The second kappa shape index (κ2) is 4.25. The Morgan fingerprint density at radius 3 is 2.91 bits per heavy atom. The van der Waals surface area contributed by atoms with Gasteiger partial charge in [0.1, 0.15) is 0 Å². The first kappa shape index (κ1) is 9.25. The molecule has 0 aromatic heterocycles. The van der Waals surface area contributed by atoms with E-state index in [2.05, 4.69) is 28.0 Å². The van der Waals surface area contributed by atoms with Crippen LogP contribution in [0.15, 0.2) is 18.2 Å². The van der Waals surface area contributed by atoms with Crippen LogP contribution in [0.5, 0.6) is 0 Å². The average molecular weight is 283 g/mol. The highest BCUT2D eigenvalue weighted by Crippen LogP contribution is 2.17. The van der Waals surface area contributed by atoms with E-state index in [1.165, 1.54) is 3.57 Å². The predicted molar refractivity (Wildman–Crippen MR) is 55.2 cm³/mol. The summed E-state index contributed by atoms with van der Waals surface area (Å²) in [6.07, 6.45) is 0. The number of nitrogens with one attached hydrogen (secondary N) is 1. The van der Waals surface area contributed by atoms with Crippen molar-refractivity contribution in [2.75, 3.05) is 0 Å². The van der Waals surface area contributed by atoms with Crippen LogP contribution in [-0.4, -0.2) is 0 Å². The summed E-state index contributed by atoms with van der Waals surface area (Å²) in [7, 11) is 0. The summed E-state index contributed by atoms with van der Waals surface area (Å²) in [5.41, 5.74) is 3.71. The third kappa shape index (κ3) is 2.59. The number of hydrazine groups is 1. The maximum Gasteiger partial charge on any atom is 0.0409 e. The highest BCUT2D eigenvalue weighted by Gasteiger charge is 1.98. The van der Waals surface area contributed by atoms with E-state index in [-0.39, 0.29) is 0 Å². The van der Waals surface area contributed by atoms with E-state index in [1.54, 1.807) is 0 Å². The van der Waals surface area contributed by atoms with Crippen LogP contribution in [0.2, 0.25) is 5.02 Å². The van der Waals surface area contributed by atoms with Crippen LogP contribution in [0.25, 0.3) is 0 Å². The highest BCUT2D eigenvalue weighted by atomic mass is 127. The van der Waals surface area contributed by atoms with E-state index < -0.39 is 0 Å². The third-order valence-electron chi connectivity index (χ3n) is 1.30. The third-order valence-corrected chi connectivity index (χ3v) is 2.59. The lowest BCUT2D eigenvalue weighted by molar-refractivity contribution is 0.739. The molecule has 0 amide bonds. The lowest BCUT2D eigenvalue weighted by Crippen LogP contribution is -2.21. The summed E-state index contributed by atoms with van der Waals surface area (Å²) in [6.45, 7) is 0.652. The topological polar surface area (TPSA) is 38.0 Å². The fourth-order valence-electron chi connectivity index (χ4n) is 0.789. The molecule has 11 heavy (non-hydrogen) atoms. The molecule has 0 saturated carbocycles. The first-order valence-corrected chi connectivity index (χ1v) is 4.57. The number of halogens is 2. The number of nitrogens with two attached hydrogens (primary N) is 1. The maximum absolute atomic E-state index is 5.78. The predicted octanol–water partition coefficient (Wildman–Crippen LogP) is 1.91. The van der Waals surface area contributed by atoms with Gasteiger partial charge in [-0.3, -0.25) is 11.3 Å². The number of hydrogen-bond acceptors (Lipinski definition) is 2. The smallest absolute Gasteiger partial charge is 0.0409 e. The average Bonchev–Trinajstić information content (AvgIpc) is 1.98. The molecule has 60 valence electrons. The van der Waals surface area contributed by atoms with Crippen molar-refractivity contribution in [1.82, 2.24) is 5.43 Å². The van der Waals surface area contributed by atoms with Crippen LogP contribution >= 0.6 is 34.2 Å². The SMILES string of the molecule is NNCc1cc(Cl)ccc1I. The molecule has 0 spiro atoms. The Hall–Kier alpha value is 0.160. The summed E-state index contributed by atoms with van der Waals surface area (Å²) < 4.78 is 1.17. The van der Waals surface area contributed by atoms with Crippen molar-refractivity contribution in [1.29, 1.82) is 0 Å². The standard InChI is InChI=1S/C7H8ClIN2/c8-6-1-2-7(9)5(3-6)4-11-10/h1-3,11H,4,10H2. The van der Waals surface area contributed by atoms with Crippen LogP contribution in [0.1, 0.15) is 5.56 Å². The molecule has 0 aliphatic heterocycles. The Morgan fingerprint density at radius 2 is 2.27 bits per heavy atom. The van der Waals surface area contributed by atoms with Crippen LogP contribution in [-0.2, 0) is 6.54 Å². The monoisotopic (exact) mass is 282 g/mol. The Labute approximate surface area is 84.2 Å². The minimum absolute atomic E-state index is 0.652. The highest BCUT2D eigenvalue weighted by molar-refractivity contribution is 14.1. The summed E-state index contributed by atoms with van der Waals surface area (Å²) >= 11 is 8.03. The van der Waals surface area contributed by atoms with E-state index in [0.717, 1.165) is 10.6 Å². The molecule has 0 unspecified atom stereocenters. The van der Waals surface area contributed by atoms with Crippen molar-refractivity contribution < 1.29 is 0 Å². The van der Waals surface area contributed by atoms with Gasteiger partial charge < -0.3 is 0 Å². The number of rotatable bonds is 2. The van der Waals surface area contributed by atoms with Crippen molar-refractivity contribution in [3.05, 3.63) is 32.4 Å². The minimum atomic E-state index is 0.652. The zero-order chi connectivity index (χ0) is 8.27. The first-order chi connectivity index (χ1) is 5.24. The Balaban J connectivity index is 2.93. The normalized spacial score (nSPS) is 10.1. The summed E-state index contributed by atoms with van der Waals surface area (Å²) in [5.74, 6) is 5.18. The largest absolute Gasteiger partial charge is 0.271 e. The van der Waals surface area contributed by atoms with E-state index in [4.69, 9.17) is 17.4 Å². The van der Waals surface area contributed by atoms with Crippen LogP contribution < -0.4 is 11.3 Å². The molecule has 0 fully saturated rings. The van der Waals surface area contributed by atoms with Gasteiger partial charge >= 0.3 is 0 Å². The van der Waals surface area contributed by atoms with Gasteiger partial charge in [0.05, 0.1) is 0 Å². The van der Waals surface area contributed by atoms with E-state index in [0.29, 0.717) is 6.54 Å². The van der Waals surface area contributed by atoms with Crippen molar-refractivity contribution in [2.24, 2.45) is 5.84 Å². The maximum atomic E-state index is 5.78. The molecule has 0 bridgehead atoms. The second-order valence-electron chi connectivity index (χ2n) is 2.12. The van der Waals surface area contributed by atoms with Gasteiger partial charge in [-0.05, 0) is 46.4 Å². The molecule has 0 saturated heterocycles. The lowest BCUT2D eigenvalue weighted by atomic mass is 10.2. The van der Waals surface area contributed by atoms with Gasteiger partial charge in [0, 0.05) is 15.1 Å². The summed E-state index contributed by atoms with van der Waals surface area (Å²) in [6, 6.07) is 5.74. The van der Waals surface area contributed by atoms with Crippen molar-refractivity contribution in [2.45, 2.75) is 6.54 Å². The molecule has 1 rings (SSSR count). The van der Waals surface area contributed by atoms with Crippen molar-refractivity contribution in [3.8, 4) is 0 Å². The van der Waals surface area contributed by atoms with Crippen LogP contribution in [0, 0.1) is 3.57 Å². The molecule has 0 radical (unpaired) electrons. The Morgan fingerprint density at radius 1 is 1.55 bits per heavy atom. The molecule has 2 nitrogen and oxygen atoms in total. The molecular formula is C7H8ClIN2. The molecule has 0 aliphatic carbocycles. The van der Waals surface area contributed by atoms with Gasteiger partial charge in [-0.25, -0.2) is 0 Å². The van der Waals surface area contributed by atoms with Gasteiger partial charge in [0.15, 0.2) is 0 Å². The fraction of sp³-hybridized carbons (Fsp3) is 0.143. The van der Waals surface area contributed by atoms with E-state index >= 15 is 0 Å². The van der Waals surface area contributed by atoms with Crippen LogP contribution in [0.4, 0.5) is 0 Å². The molecule has 0 aliphatic rings. The molecular weight excluding hydrogens is 274 g/mol. The zero-order valence-corrected chi connectivity index (χ0v) is 8.69. The van der Waals surface area contributed by atoms with Crippen LogP contribution in [0.3, 0.4) is 0 Å². The minimum Gasteiger partial charge on any atom is -0.271 e. The quantitative estimate of drug-likeness (QED) is 0.494. The molecule has 1 aromatic carbocycles. The summed E-state index contributed by atoms with van der Waals surface area (Å²) in [5, 5.41) is 0.746. The van der Waals surface area contributed by atoms with E-state index in [1.807, 2.05) is 18.2 Å². The van der Waals surface area contributed by atoms with Gasteiger partial charge in [0.2, 0.25) is 0 Å². The molecule has 3 N–H and O–H groups in total. The molecule has 0 heterocycles. The Bertz CT molecular complexity index is 252.